The molecule has 0 fully saturated rings. The van der Waals surface area contributed by atoms with Crippen molar-refractivity contribution in [2.24, 2.45) is 5.11 Å². The molecule has 1 aromatic rings. The summed E-state index contributed by atoms with van der Waals surface area (Å²) < 4.78 is 0. The Bertz CT molecular complexity index is 371. The van der Waals surface area contributed by atoms with Gasteiger partial charge < -0.3 is 5.11 Å². The zero-order chi connectivity index (χ0) is 11.3. The summed E-state index contributed by atoms with van der Waals surface area (Å²) in [4.78, 5) is 11.7. The Hall–Kier alpha value is -1.91. The number of benzene rings is 1. The molecule has 0 radical (unpaired) electrons. The molecule has 0 aliphatic heterocycles. The third-order valence-electron chi connectivity index (χ3n) is 1.84. The Morgan fingerprint density at radius 1 is 1.47 bits per heavy atom. The number of hydrazine groups is 1. The second-order valence-electron chi connectivity index (χ2n) is 3.13. The number of nitrogens with zero attached hydrogens (tertiary/aromatic N) is 2. The maximum atomic E-state index is 10.5. The monoisotopic (exact) mass is 208 g/mol. The highest BCUT2D eigenvalue weighted by Crippen LogP contribution is 2.08. The van der Waals surface area contributed by atoms with Gasteiger partial charge in [0.2, 0.25) is 0 Å². The van der Waals surface area contributed by atoms with E-state index in [9.17, 15) is 4.79 Å². The van der Waals surface area contributed by atoms with Crippen molar-refractivity contribution in [3.63, 3.8) is 0 Å². The number of aliphatic carboxylic acids is 1. The Morgan fingerprint density at radius 3 is 2.53 bits per heavy atom. The van der Waals surface area contributed by atoms with Gasteiger partial charge >= 0.3 is 5.97 Å². The average molecular weight is 208 g/mol. The summed E-state index contributed by atoms with van der Waals surface area (Å²) >= 11 is 0. The summed E-state index contributed by atoms with van der Waals surface area (Å²) in [5, 5.41) is 12.4. The summed E-state index contributed by atoms with van der Waals surface area (Å²) in [6, 6.07) is 7.62. The SMILES string of the molecule is CN=[N+](CC(=O)O)Nc1ccc(C)cc1. The molecule has 2 N–H and O–H groups in total. The van der Waals surface area contributed by atoms with Crippen LogP contribution in [0.4, 0.5) is 5.69 Å². The van der Waals surface area contributed by atoms with Gasteiger partial charge in [-0.3, -0.25) is 0 Å². The summed E-state index contributed by atoms with van der Waals surface area (Å²) in [6.07, 6.45) is 0. The molecule has 80 valence electrons. The minimum Gasteiger partial charge on any atom is -0.476 e. The Balaban J connectivity index is 2.67. The summed E-state index contributed by atoms with van der Waals surface area (Å²) in [5.74, 6) is -0.930. The largest absolute Gasteiger partial charge is 0.476 e. The Kier molecular flexibility index (Phi) is 3.79. The van der Waals surface area contributed by atoms with Crippen LogP contribution in [0.15, 0.2) is 29.4 Å². The molecule has 0 spiro atoms. The van der Waals surface area contributed by atoms with Crippen molar-refractivity contribution in [2.75, 3.05) is 19.0 Å². The number of hydrogen-bond acceptors (Lipinski definition) is 2. The van der Waals surface area contributed by atoms with Crippen molar-refractivity contribution in [1.29, 1.82) is 0 Å². The Labute approximate surface area is 88.0 Å². The quantitative estimate of drug-likeness (QED) is 0.447. The van der Waals surface area contributed by atoms with E-state index < -0.39 is 5.97 Å². The molecule has 0 unspecified atom stereocenters. The fraction of sp³-hybridized carbons (Fsp3) is 0.300. The topological polar surface area (TPSA) is 64.7 Å². The number of anilines is 1. The van der Waals surface area contributed by atoms with Crippen LogP contribution >= 0.6 is 0 Å². The molecule has 15 heavy (non-hydrogen) atoms. The fourth-order valence-corrected chi connectivity index (χ4v) is 1.07. The lowest BCUT2D eigenvalue weighted by Gasteiger charge is -2.00. The van der Waals surface area contributed by atoms with Crippen LogP contribution in [0.2, 0.25) is 0 Å². The van der Waals surface area contributed by atoms with E-state index in [-0.39, 0.29) is 6.54 Å². The molecule has 0 saturated carbocycles. The van der Waals surface area contributed by atoms with Gasteiger partial charge in [0.1, 0.15) is 0 Å². The summed E-state index contributed by atoms with van der Waals surface area (Å²) in [7, 11) is 1.53. The van der Waals surface area contributed by atoms with Gasteiger partial charge in [0, 0.05) is 4.81 Å². The predicted octanol–water partition coefficient (Wildman–Crippen LogP) is 1.50. The first kappa shape index (κ1) is 11.2. The molecule has 1 aromatic carbocycles. The standard InChI is InChI=1S/C10H13N3O2/c1-8-3-5-9(6-4-8)12-13(11-2)7-10(14)15/h3-6H,7H2,1-2H3,(H-,11,12,14,15)/p+1. The van der Waals surface area contributed by atoms with Gasteiger partial charge in [-0.1, -0.05) is 17.7 Å². The van der Waals surface area contributed by atoms with Crippen molar-refractivity contribution < 1.29 is 14.7 Å². The van der Waals surface area contributed by atoms with Crippen LogP contribution in [-0.2, 0) is 4.79 Å². The van der Waals surface area contributed by atoms with Crippen LogP contribution in [0, 0.1) is 6.92 Å². The molecular weight excluding hydrogens is 194 g/mol. The molecule has 0 aromatic heterocycles. The van der Waals surface area contributed by atoms with Crippen molar-refractivity contribution in [1.82, 2.24) is 0 Å². The van der Waals surface area contributed by atoms with Gasteiger partial charge in [0.05, 0.1) is 12.7 Å². The number of carboxylic acid groups (broad SMARTS) is 1. The van der Waals surface area contributed by atoms with Gasteiger partial charge in [-0.2, -0.15) is 0 Å². The fourth-order valence-electron chi connectivity index (χ4n) is 1.07. The van der Waals surface area contributed by atoms with Crippen molar-refractivity contribution in [3.8, 4) is 0 Å². The van der Waals surface area contributed by atoms with Crippen LogP contribution in [0.1, 0.15) is 5.56 Å². The van der Waals surface area contributed by atoms with Crippen molar-refractivity contribution >= 4 is 11.7 Å². The van der Waals surface area contributed by atoms with Gasteiger partial charge in [-0.05, 0) is 24.2 Å². The van der Waals surface area contributed by atoms with E-state index >= 15 is 0 Å². The molecule has 0 heterocycles. The number of azo groups is 1. The van der Waals surface area contributed by atoms with E-state index in [1.54, 1.807) is 0 Å². The number of carboxylic acids is 1. The molecule has 0 atom stereocenters. The molecule has 0 amide bonds. The minimum absolute atomic E-state index is 0.176. The predicted molar refractivity (Wildman–Crippen MR) is 55.9 cm³/mol. The molecule has 0 aliphatic rings. The van der Waals surface area contributed by atoms with Gasteiger partial charge in [-0.15, -0.1) is 5.43 Å². The van der Waals surface area contributed by atoms with E-state index in [4.69, 9.17) is 5.11 Å². The second-order valence-corrected chi connectivity index (χ2v) is 3.13. The first-order valence-corrected chi connectivity index (χ1v) is 4.54. The molecule has 1 rings (SSSR count). The van der Waals surface area contributed by atoms with Crippen LogP contribution in [0.25, 0.3) is 0 Å². The lowest BCUT2D eigenvalue weighted by molar-refractivity contribution is -0.554. The lowest BCUT2D eigenvalue weighted by Crippen LogP contribution is -2.24. The summed E-state index contributed by atoms with van der Waals surface area (Å²) in [6.45, 7) is 1.81. The van der Waals surface area contributed by atoms with Crippen LogP contribution < -0.4 is 5.43 Å². The third kappa shape index (κ3) is 3.76. The number of rotatable bonds is 4. The molecule has 5 heteroatoms. The van der Waals surface area contributed by atoms with Crippen molar-refractivity contribution in [3.05, 3.63) is 29.8 Å². The van der Waals surface area contributed by atoms with E-state index in [2.05, 4.69) is 10.5 Å². The van der Waals surface area contributed by atoms with Crippen LogP contribution in [0.3, 0.4) is 0 Å². The van der Waals surface area contributed by atoms with E-state index in [0.717, 1.165) is 11.3 Å². The second kappa shape index (κ2) is 5.09. The normalized spacial score (nSPS) is 11.2. The highest BCUT2D eigenvalue weighted by atomic mass is 16.4. The Morgan fingerprint density at radius 2 is 2.07 bits per heavy atom. The smallest absolute Gasteiger partial charge is 0.375 e. The molecule has 0 saturated heterocycles. The molecule has 0 bridgehead atoms. The van der Waals surface area contributed by atoms with Gasteiger partial charge in [0.25, 0.3) is 6.54 Å². The first-order chi connectivity index (χ1) is 7.11. The van der Waals surface area contributed by atoms with Crippen molar-refractivity contribution in [2.45, 2.75) is 6.92 Å². The van der Waals surface area contributed by atoms with Gasteiger partial charge in [0.15, 0.2) is 0 Å². The minimum atomic E-state index is -0.930. The third-order valence-corrected chi connectivity index (χ3v) is 1.84. The maximum Gasteiger partial charge on any atom is 0.375 e. The zero-order valence-electron chi connectivity index (χ0n) is 8.77. The molecule has 5 nitrogen and oxygen atoms in total. The molecular formula is C10H14N3O2+. The number of carbonyl (C=O) groups is 1. The summed E-state index contributed by atoms with van der Waals surface area (Å²) in [5.41, 5.74) is 4.84. The highest BCUT2D eigenvalue weighted by molar-refractivity contribution is 5.67. The van der Waals surface area contributed by atoms with Crippen LogP contribution in [0.5, 0.6) is 0 Å². The van der Waals surface area contributed by atoms with Crippen LogP contribution in [-0.4, -0.2) is 29.5 Å². The lowest BCUT2D eigenvalue weighted by atomic mass is 10.2. The number of aryl methyl sites for hydroxylation is 1. The zero-order valence-corrected chi connectivity index (χ0v) is 8.77. The van der Waals surface area contributed by atoms with E-state index in [1.807, 2.05) is 31.2 Å². The first-order valence-electron chi connectivity index (χ1n) is 4.54. The average Bonchev–Trinajstić information content (AvgIpc) is 2.19. The number of nitrogens with one attached hydrogen (secondary N) is 1. The van der Waals surface area contributed by atoms with E-state index in [0.29, 0.717) is 0 Å². The van der Waals surface area contributed by atoms with Gasteiger partial charge in [-0.25, -0.2) is 4.79 Å². The highest BCUT2D eigenvalue weighted by Gasteiger charge is 2.11. The number of hydrogen-bond donors (Lipinski definition) is 2. The van der Waals surface area contributed by atoms with E-state index in [1.165, 1.54) is 11.9 Å². The molecule has 0 aliphatic carbocycles. The maximum absolute atomic E-state index is 10.5.